The molecule has 0 aliphatic heterocycles. The Hall–Kier alpha value is -3.63. The summed E-state index contributed by atoms with van der Waals surface area (Å²) in [6, 6.07) is 11.5. The Morgan fingerprint density at radius 1 is 1.19 bits per heavy atom. The molecule has 7 nitrogen and oxygen atoms in total. The highest BCUT2D eigenvalue weighted by molar-refractivity contribution is 7.90. The molecule has 1 unspecified atom stereocenters. The first-order valence-corrected chi connectivity index (χ1v) is 16.1. The lowest BCUT2D eigenvalue weighted by molar-refractivity contribution is -0.119. The average Bonchev–Trinajstić information content (AvgIpc) is 3.37. The second-order valence-corrected chi connectivity index (χ2v) is 14.2. The second-order valence-electron chi connectivity index (χ2n) is 12.2. The summed E-state index contributed by atoms with van der Waals surface area (Å²) in [7, 11) is -1.93. The van der Waals surface area contributed by atoms with Crippen molar-refractivity contribution in [2.75, 3.05) is 4.90 Å². The molecule has 0 radical (unpaired) electrons. The topological polar surface area (TPSA) is 84.3 Å². The largest absolute Gasteiger partial charge is 0.337 e. The summed E-state index contributed by atoms with van der Waals surface area (Å²) in [5.74, 6) is -0.359. The molecule has 1 amide bonds. The number of allylic oxidation sites excluding steroid dienone is 3. The van der Waals surface area contributed by atoms with Gasteiger partial charge in [-0.3, -0.25) is 4.79 Å². The predicted molar refractivity (Wildman–Crippen MR) is 164 cm³/mol. The van der Waals surface area contributed by atoms with Gasteiger partial charge in [0.15, 0.2) is 0 Å². The molecular weight excluding hydrogens is 570 g/mol. The lowest BCUT2D eigenvalue weighted by atomic mass is 9.71. The van der Waals surface area contributed by atoms with Crippen LogP contribution in [0.25, 0.3) is 0 Å². The molecule has 2 aromatic carbocycles. The molecule has 0 saturated carbocycles. The van der Waals surface area contributed by atoms with Crippen molar-refractivity contribution in [2.45, 2.75) is 75.6 Å². The number of halogens is 2. The molecule has 2 aliphatic carbocycles. The summed E-state index contributed by atoms with van der Waals surface area (Å²) in [6.45, 7) is 6.43. The van der Waals surface area contributed by atoms with Gasteiger partial charge in [0.1, 0.15) is 17.5 Å². The zero-order valence-corrected chi connectivity index (χ0v) is 25.7. The third-order valence-corrected chi connectivity index (χ3v) is 10.4. The monoisotopic (exact) mass is 608 g/mol. The Morgan fingerprint density at radius 3 is 2.58 bits per heavy atom. The number of anilines is 1. The average molecular weight is 609 g/mol. The zero-order valence-electron chi connectivity index (χ0n) is 24.9. The van der Waals surface area contributed by atoms with Gasteiger partial charge >= 0.3 is 0 Å². The molecule has 0 fully saturated rings. The summed E-state index contributed by atoms with van der Waals surface area (Å²) >= 11 is 0. The first-order valence-electron chi connectivity index (χ1n) is 14.6. The highest BCUT2D eigenvalue weighted by Gasteiger charge is 2.37. The van der Waals surface area contributed by atoms with Crippen LogP contribution in [0.15, 0.2) is 78.9 Å². The number of aromatic nitrogens is 2. The van der Waals surface area contributed by atoms with Gasteiger partial charge in [0.25, 0.3) is 0 Å². The van der Waals surface area contributed by atoms with Crippen molar-refractivity contribution >= 4 is 21.6 Å². The number of rotatable bonds is 9. The van der Waals surface area contributed by atoms with E-state index in [9.17, 15) is 22.0 Å². The van der Waals surface area contributed by atoms with E-state index in [0.29, 0.717) is 17.9 Å². The Labute approximate surface area is 252 Å². The standard InChI is InChI=1S/C33H38F2N4O3S/c1-22(23-5-7-24(34)8-6-23)19-32(40)39(21-31-36-17-18-38(31)4)26-11-14-29-28(20-26)30(15-16-33(29,2)3)37-43(41,42)27-12-9-25(35)10-13-27/h5-12,14,17-18,20,22,27,30,37H,13,15-16,19,21H2,1-4H3/t22-,27?,30-/m1/s1. The minimum Gasteiger partial charge on any atom is -0.337 e. The van der Waals surface area contributed by atoms with E-state index in [0.717, 1.165) is 23.1 Å². The number of carbonyl (C=O) groups excluding carboxylic acids is 1. The van der Waals surface area contributed by atoms with E-state index in [1.54, 1.807) is 23.2 Å². The van der Waals surface area contributed by atoms with Crippen LogP contribution in [-0.2, 0) is 33.8 Å². The van der Waals surface area contributed by atoms with Crippen LogP contribution in [-0.4, -0.2) is 29.1 Å². The van der Waals surface area contributed by atoms with E-state index in [4.69, 9.17) is 0 Å². The summed E-state index contributed by atoms with van der Waals surface area (Å²) in [5.41, 5.74) is 3.15. The maximum absolute atomic E-state index is 13.9. The van der Waals surface area contributed by atoms with Crippen LogP contribution in [0, 0.1) is 5.82 Å². The van der Waals surface area contributed by atoms with Crippen molar-refractivity contribution in [3.05, 3.63) is 107 Å². The van der Waals surface area contributed by atoms with Crippen molar-refractivity contribution in [1.29, 1.82) is 0 Å². The zero-order chi connectivity index (χ0) is 30.9. The Balaban J connectivity index is 1.48. The van der Waals surface area contributed by atoms with Crippen molar-refractivity contribution in [3.8, 4) is 0 Å². The molecule has 0 bridgehead atoms. The number of sulfonamides is 1. The minimum atomic E-state index is -3.80. The summed E-state index contributed by atoms with van der Waals surface area (Å²) in [4.78, 5) is 20.1. The Bertz CT molecular complexity index is 1660. The van der Waals surface area contributed by atoms with Gasteiger partial charge in [0, 0.05) is 37.6 Å². The van der Waals surface area contributed by atoms with Gasteiger partial charge in [-0.2, -0.15) is 0 Å². The van der Waals surface area contributed by atoms with E-state index in [1.807, 2.05) is 42.9 Å². The third kappa shape index (κ3) is 6.80. The molecule has 0 saturated heterocycles. The molecule has 2 aliphatic rings. The molecule has 0 spiro atoms. The third-order valence-electron chi connectivity index (χ3n) is 8.67. The van der Waals surface area contributed by atoms with Crippen molar-refractivity contribution in [2.24, 2.45) is 7.05 Å². The van der Waals surface area contributed by atoms with Crippen LogP contribution < -0.4 is 9.62 Å². The summed E-state index contributed by atoms with van der Waals surface area (Å²) in [6.07, 6.45) is 8.97. The van der Waals surface area contributed by atoms with E-state index in [-0.39, 0.29) is 42.4 Å². The molecule has 3 aromatic rings. The predicted octanol–water partition coefficient (Wildman–Crippen LogP) is 6.50. The number of aryl methyl sites for hydroxylation is 1. The van der Waals surface area contributed by atoms with Gasteiger partial charge < -0.3 is 9.47 Å². The number of hydrogen-bond acceptors (Lipinski definition) is 4. The van der Waals surface area contributed by atoms with E-state index < -0.39 is 27.1 Å². The minimum absolute atomic E-state index is 0.0704. The van der Waals surface area contributed by atoms with Gasteiger partial charge in [0.05, 0.1) is 11.8 Å². The number of nitrogens with zero attached hydrogens (tertiary/aromatic N) is 3. The van der Waals surface area contributed by atoms with Gasteiger partial charge in [-0.15, -0.1) is 0 Å². The molecule has 1 aromatic heterocycles. The van der Waals surface area contributed by atoms with Crippen molar-refractivity contribution in [3.63, 3.8) is 0 Å². The molecule has 1 heterocycles. The lowest BCUT2D eigenvalue weighted by Crippen LogP contribution is -2.40. The van der Waals surface area contributed by atoms with Crippen LogP contribution in [0.1, 0.15) is 80.9 Å². The number of imidazole rings is 1. The number of amides is 1. The highest BCUT2D eigenvalue weighted by atomic mass is 32.2. The fourth-order valence-electron chi connectivity index (χ4n) is 5.93. The SMILES string of the molecule is C[C@H](CC(=O)N(Cc1nccn1C)c1ccc2c(c1)[C@H](NS(=O)(=O)C1C=CC(F)=CC1)CCC2(C)C)c1ccc(F)cc1. The Morgan fingerprint density at radius 2 is 1.93 bits per heavy atom. The molecule has 5 rings (SSSR count). The van der Waals surface area contributed by atoms with Crippen LogP contribution in [0.4, 0.5) is 14.5 Å². The number of benzene rings is 2. The molecule has 43 heavy (non-hydrogen) atoms. The maximum Gasteiger partial charge on any atom is 0.228 e. The second kappa shape index (κ2) is 12.2. The van der Waals surface area contributed by atoms with Crippen LogP contribution in [0.3, 0.4) is 0 Å². The fourth-order valence-corrected chi connectivity index (χ4v) is 7.38. The van der Waals surface area contributed by atoms with Crippen molar-refractivity contribution < 1.29 is 22.0 Å². The molecule has 10 heteroatoms. The van der Waals surface area contributed by atoms with Crippen LogP contribution in [0.2, 0.25) is 0 Å². The molecule has 1 N–H and O–H groups in total. The quantitative estimate of drug-likeness (QED) is 0.301. The fraction of sp³-hybridized carbons (Fsp3) is 0.394. The van der Waals surface area contributed by atoms with Gasteiger partial charge in [-0.05, 0) is 83.7 Å². The molecular formula is C33H38F2N4O3S. The molecule has 3 atom stereocenters. The van der Waals surface area contributed by atoms with E-state index in [2.05, 4.69) is 23.6 Å². The van der Waals surface area contributed by atoms with Gasteiger partial charge in [0.2, 0.25) is 15.9 Å². The number of nitrogens with one attached hydrogen (secondary N) is 1. The smallest absolute Gasteiger partial charge is 0.228 e. The first kappa shape index (κ1) is 30.8. The normalized spacial score (nSPS) is 20.3. The number of carbonyl (C=O) groups is 1. The maximum atomic E-state index is 13.9. The van der Waals surface area contributed by atoms with E-state index >= 15 is 0 Å². The first-order chi connectivity index (χ1) is 20.3. The van der Waals surface area contributed by atoms with Crippen LogP contribution in [0.5, 0.6) is 0 Å². The molecule has 228 valence electrons. The number of hydrogen-bond donors (Lipinski definition) is 1. The summed E-state index contributed by atoms with van der Waals surface area (Å²) in [5, 5.41) is -0.858. The lowest BCUT2D eigenvalue weighted by Gasteiger charge is -2.38. The number of fused-ring (bicyclic) bond motifs is 1. The highest BCUT2D eigenvalue weighted by Crippen LogP contribution is 2.44. The van der Waals surface area contributed by atoms with Gasteiger partial charge in [-0.25, -0.2) is 26.9 Å². The van der Waals surface area contributed by atoms with Crippen molar-refractivity contribution in [1.82, 2.24) is 14.3 Å². The van der Waals surface area contributed by atoms with Crippen LogP contribution >= 0.6 is 0 Å². The van der Waals surface area contributed by atoms with Gasteiger partial charge in [-0.1, -0.05) is 45.0 Å². The van der Waals surface area contributed by atoms with E-state index in [1.165, 1.54) is 30.4 Å². The Kier molecular flexibility index (Phi) is 8.72. The summed E-state index contributed by atoms with van der Waals surface area (Å²) < 4.78 is 58.5.